The summed E-state index contributed by atoms with van der Waals surface area (Å²) in [4.78, 5) is 24.7. The van der Waals surface area contributed by atoms with E-state index in [1.165, 1.54) is 7.11 Å². The molecule has 134 valence electrons. The Morgan fingerprint density at radius 3 is 2.56 bits per heavy atom. The van der Waals surface area contributed by atoms with Crippen molar-refractivity contribution >= 4 is 23.1 Å². The highest BCUT2D eigenvalue weighted by atomic mass is 16.5. The number of carbonyl (C=O) groups excluding carboxylic acids is 2. The molecule has 0 radical (unpaired) electrons. The summed E-state index contributed by atoms with van der Waals surface area (Å²) in [5.41, 5.74) is 8.03. The lowest BCUT2D eigenvalue weighted by molar-refractivity contribution is -0.123. The summed E-state index contributed by atoms with van der Waals surface area (Å²) < 4.78 is 10.6. The number of esters is 1. The van der Waals surface area contributed by atoms with Crippen LogP contribution in [0.3, 0.4) is 0 Å². The van der Waals surface area contributed by atoms with E-state index in [0.717, 1.165) is 5.57 Å². The van der Waals surface area contributed by atoms with Gasteiger partial charge in [-0.2, -0.15) is 0 Å². The number of methoxy groups -OCH3 is 1. The number of allylic oxidation sites excluding steroid dienone is 3. The van der Waals surface area contributed by atoms with Crippen LogP contribution in [0.25, 0.3) is 5.57 Å². The van der Waals surface area contributed by atoms with Crippen LogP contribution < -0.4 is 15.8 Å². The molecule has 1 amide bonds. The molecule has 1 aromatic carbocycles. The molecule has 1 aliphatic rings. The van der Waals surface area contributed by atoms with Gasteiger partial charge in [0.2, 0.25) is 5.91 Å². The number of carbonyl (C=O) groups is 2. The summed E-state index contributed by atoms with van der Waals surface area (Å²) in [5.74, 6) is -0.431. The molecule has 0 saturated carbocycles. The molecule has 0 aromatic heterocycles. The Kier molecular flexibility index (Phi) is 5.21. The second kappa shape index (κ2) is 7.01. The van der Waals surface area contributed by atoms with Crippen LogP contribution in [0.1, 0.15) is 43.6 Å². The maximum absolute atomic E-state index is 12.4. The fraction of sp³-hybridized carbons (Fsp3) is 0.368. The van der Waals surface area contributed by atoms with E-state index in [-0.39, 0.29) is 18.1 Å². The molecular weight excluding hydrogens is 320 g/mol. The lowest BCUT2D eigenvalue weighted by Crippen LogP contribution is -2.29. The molecule has 2 rings (SSSR count). The van der Waals surface area contributed by atoms with Gasteiger partial charge in [0.1, 0.15) is 17.9 Å². The minimum Gasteiger partial charge on any atom is -0.486 e. The van der Waals surface area contributed by atoms with Crippen molar-refractivity contribution in [2.75, 3.05) is 19.0 Å². The van der Waals surface area contributed by atoms with Crippen molar-refractivity contribution in [2.24, 2.45) is 11.1 Å². The van der Waals surface area contributed by atoms with Crippen molar-refractivity contribution in [3.05, 3.63) is 41.1 Å². The van der Waals surface area contributed by atoms with E-state index in [9.17, 15) is 9.59 Å². The molecule has 0 bridgehead atoms. The molecule has 6 nitrogen and oxygen atoms in total. The first-order valence-corrected chi connectivity index (χ1v) is 8.02. The van der Waals surface area contributed by atoms with Crippen molar-refractivity contribution < 1.29 is 19.1 Å². The molecular formula is C19H24N2O4. The SMILES string of the molecule is C/C=C\C1=C(N)COc2c1ccc(NC(=O)C(C)(C)C)c2C(=O)OC. The van der Waals surface area contributed by atoms with E-state index < -0.39 is 11.4 Å². The number of benzene rings is 1. The molecule has 0 fully saturated rings. The first-order valence-electron chi connectivity index (χ1n) is 8.02. The fourth-order valence-electron chi connectivity index (χ4n) is 2.43. The van der Waals surface area contributed by atoms with Crippen LogP contribution >= 0.6 is 0 Å². The third-order valence-corrected chi connectivity index (χ3v) is 3.82. The molecule has 1 aromatic rings. The zero-order valence-corrected chi connectivity index (χ0v) is 15.2. The Hall–Kier alpha value is -2.76. The smallest absolute Gasteiger partial charge is 0.343 e. The number of nitrogens with two attached hydrogens (primary N) is 1. The number of ether oxygens (including phenoxy) is 2. The van der Waals surface area contributed by atoms with Crippen LogP contribution in [0, 0.1) is 5.41 Å². The first kappa shape index (κ1) is 18.6. The minimum atomic E-state index is -0.607. The van der Waals surface area contributed by atoms with E-state index >= 15 is 0 Å². The molecule has 0 saturated heterocycles. The van der Waals surface area contributed by atoms with Crippen molar-refractivity contribution in [1.82, 2.24) is 0 Å². The van der Waals surface area contributed by atoms with Crippen LogP contribution in [0.15, 0.2) is 30.0 Å². The lowest BCUT2D eigenvalue weighted by atomic mass is 9.93. The van der Waals surface area contributed by atoms with Gasteiger partial charge >= 0.3 is 5.97 Å². The van der Waals surface area contributed by atoms with Gasteiger partial charge in [-0.1, -0.05) is 32.9 Å². The highest BCUT2D eigenvalue weighted by Gasteiger charge is 2.29. The maximum atomic E-state index is 12.4. The summed E-state index contributed by atoms with van der Waals surface area (Å²) in [6.45, 7) is 7.43. The number of rotatable bonds is 3. The topological polar surface area (TPSA) is 90.6 Å². The van der Waals surface area contributed by atoms with Crippen molar-refractivity contribution in [3.8, 4) is 5.75 Å². The van der Waals surface area contributed by atoms with Gasteiger partial charge in [-0.3, -0.25) is 4.79 Å². The van der Waals surface area contributed by atoms with E-state index in [4.69, 9.17) is 15.2 Å². The normalized spacial score (nSPS) is 14.1. The average Bonchev–Trinajstić information content (AvgIpc) is 2.55. The molecule has 1 aliphatic heterocycles. The Morgan fingerprint density at radius 1 is 1.32 bits per heavy atom. The molecule has 0 aliphatic carbocycles. The van der Waals surface area contributed by atoms with Gasteiger partial charge in [-0.05, 0) is 19.1 Å². The van der Waals surface area contributed by atoms with Crippen LogP contribution in [0.4, 0.5) is 5.69 Å². The molecule has 25 heavy (non-hydrogen) atoms. The number of fused-ring (bicyclic) bond motifs is 1. The zero-order chi connectivity index (χ0) is 18.8. The van der Waals surface area contributed by atoms with Gasteiger partial charge in [0.15, 0.2) is 0 Å². The maximum Gasteiger partial charge on any atom is 0.343 e. The van der Waals surface area contributed by atoms with Gasteiger partial charge in [0.05, 0.1) is 18.5 Å². The third kappa shape index (κ3) is 3.68. The second-order valence-electron chi connectivity index (χ2n) is 6.79. The molecule has 1 heterocycles. The predicted octanol–water partition coefficient (Wildman–Crippen LogP) is 3.10. The van der Waals surface area contributed by atoms with Crippen LogP contribution in [-0.2, 0) is 9.53 Å². The van der Waals surface area contributed by atoms with E-state index in [1.54, 1.807) is 32.9 Å². The van der Waals surface area contributed by atoms with Gasteiger partial charge < -0.3 is 20.5 Å². The second-order valence-corrected chi connectivity index (χ2v) is 6.79. The molecule has 3 N–H and O–H groups in total. The lowest BCUT2D eigenvalue weighted by Gasteiger charge is -2.25. The van der Waals surface area contributed by atoms with Gasteiger partial charge in [-0.15, -0.1) is 0 Å². The first-order chi connectivity index (χ1) is 11.7. The average molecular weight is 344 g/mol. The quantitative estimate of drug-likeness (QED) is 0.822. The summed E-state index contributed by atoms with van der Waals surface area (Å²) >= 11 is 0. The standard InChI is InChI=1S/C19H24N2O4/c1-6-7-11-12-8-9-14(21-18(23)19(2,3)4)15(17(22)24-5)16(12)25-10-13(11)20/h6-9H,10,20H2,1-5H3,(H,21,23)/b7-6-. The highest BCUT2D eigenvalue weighted by Crippen LogP contribution is 2.39. The molecule has 0 atom stereocenters. The molecule has 6 heteroatoms. The summed E-state index contributed by atoms with van der Waals surface area (Å²) in [6, 6.07) is 3.45. The largest absolute Gasteiger partial charge is 0.486 e. The molecule has 0 spiro atoms. The number of hydrogen-bond donors (Lipinski definition) is 2. The third-order valence-electron chi connectivity index (χ3n) is 3.82. The van der Waals surface area contributed by atoms with Crippen LogP contribution in [-0.4, -0.2) is 25.6 Å². The van der Waals surface area contributed by atoms with E-state index in [0.29, 0.717) is 22.7 Å². The van der Waals surface area contributed by atoms with Gasteiger partial charge in [0, 0.05) is 16.6 Å². The number of hydrogen-bond acceptors (Lipinski definition) is 5. The number of anilines is 1. The Balaban J connectivity index is 2.62. The van der Waals surface area contributed by atoms with Crippen molar-refractivity contribution in [3.63, 3.8) is 0 Å². The van der Waals surface area contributed by atoms with Gasteiger partial charge in [-0.25, -0.2) is 4.79 Å². The van der Waals surface area contributed by atoms with E-state index in [1.807, 2.05) is 19.1 Å². The Bertz CT molecular complexity index is 770. The highest BCUT2D eigenvalue weighted by molar-refractivity contribution is 6.06. The number of amides is 1. The Morgan fingerprint density at radius 2 is 2.00 bits per heavy atom. The minimum absolute atomic E-state index is 0.160. The Labute approximate surface area is 147 Å². The monoisotopic (exact) mass is 344 g/mol. The zero-order valence-electron chi connectivity index (χ0n) is 15.2. The summed E-state index contributed by atoms with van der Waals surface area (Å²) in [5, 5.41) is 2.79. The van der Waals surface area contributed by atoms with Gasteiger partial charge in [0.25, 0.3) is 0 Å². The van der Waals surface area contributed by atoms with Crippen molar-refractivity contribution in [2.45, 2.75) is 27.7 Å². The summed E-state index contributed by atoms with van der Waals surface area (Å²) in [6.07, 6.45) is 3.73. The summed E-state index contributed by atoms with van der Waals surface area (Å²) in [7, 11) is 1.29. The predicted molar refractivity (Wildman–Crippen MR) is 97.3 cm³/mol. The number of nitrogens with one attached hydrogen (secondary N) is 1. The van der Waals surface area contributed by atoms with Crippen LogP contribution in [0.2, 0.25) is 0 Å². The fourth-order valence-corrected chi connectivity index (χ4v) is 2.43. The van der Waals surface area contributed by atoms with E-state index in [2.05, 4.69) is 5.32 Å². The van der Waals surface area contributed by atoms with Crippen molar-refractivity contribution in [1.29, 1.82) is 0 Å². The van der Waals surface area contributed by atoms with Crippen LogP contribution in [0.5, 0.6) is 5.75 Å². The molecule has 0 unspecified atom stereocenters.